The molecule has 210 valence electrons. The standard InChI is InChI=1S/C28H36N4O7/c1-11-7-14-8-17-28(37)32-16(21(31(17)4)19(14)23(34)25(11)38-5)9-15-20(18(32)10-30-27(36)13(3)29)24(35)26(39-6)12(2)22(15)33/h7,13,16-18,21,28,34,37H,8-10,29H2,1-6H3,(H,30,36)/t13-,16?,17-,18-,21-,28-/m0/s1. The van der Waals surface area contributed by atoms with Crippen molar-refractivity contribution in [3.63, 3.8) is 0 Å². The number of benzene rings is 1. The fourth-order valence-corrected chi connectivity index (χ4v) is 6.98. The van der Waals surface area contributed by atoms with E-state index in [1.54, 1.807) is 13.8 Å². The monoisotopic (exact) mass is 540 g/mol. The molecular formula is C28H36N4O7. The van der Waals surface area contributed by atoms with Crippen molar-refractivity contribution in [3.05, 3.63) is 45.2 Å². The van der Waals surface area contributed by atoms with Gasteiger partial charge in [-0.3, -0.25) is 24.2 Å². The van der Waals surface area contributed by atoms with Crippen LogP contribution in [0.3, 0.4) is 0 Å². The minimum Gasteiger partial charge on any atom is -0.504 e. The van der Waals surface area contributed by atoms with Crippen LogP contribution in [0.5, 0.6) is 11.5 Å². The van der Waals surface area contributed by atoms with Crippen LogP contribution in [0.2, 0.25) is 0 Å². The van der Waals surface area contributed by atoms with Gasteiger partial charge in [0, 0.05) is 34.9 Å². The van der Waals surface area contributed by atoms with Gasteiger partial charge < -0.3 is 30.7 Å². The first-order valence-electron chi connectivity index (χ1n) is 13.1. The van der Waals surface area contributed by atoms with E-state index in [0.29, 0.717) is 23.3 Å². The first-order chi connectivity index (χ1) is 18.4. The molecule has 1 aliphatic carbocycles. The second-order valence-corrected chi connectivity index (χ2v) is 10.9. The average Bonchev–Trinajstić information content (AvgIpc) is 2.88. The number of phenolic OH excluding ortho intramolecular Hbond substituents is 1. The molecular weight excluding hydrogens is 504 g/mol. The maximum atomic E-state index is 13.7. The van der Waals surface area contributed by atoms with Gasteiger partial charge in [-0.1, -0.05) is 6.07 Å². The van der Waals surface area contributed by atoms with Crippen molar-refractivity contribution in [3.8, 4) is 11.5 Å². The van der Waals surface area contributed by atoms with Gasteiger partial charge in [0.2, 0.25) is 11.7 Å². The lowest BCUT2D eigenvalue weighted by atomic mass is 9.71. The summed E-state index contributed by atoms with van der Waals surface area (Å²) in [5.74, 6) is -0.774. The van der Waals surface area contributed by atoms with E-state index in [4.69, 9.17) is 15.2 Å². The van der Waals surface area contributed by atoms with Crippen molar-refractivity contribution in [1.82, 2.24) is 15.1 Å². The molecule has 0 aromatic heterocycles. The second-order valence-electron chi connectivity index (χ2n) is 10.9. The number of nitrogens with one attached hydrogen (secondary N) is 1. The van der Waals surface area contributed by atoms with Crippen LogP contribution in [0.15, 0.2) is 28.5 Å². The van der Waals surface area contributed by atoms with E-state index < -0.39 is 42.1 Å². The summed E-state index contributed by atoms with van der Waals surface area (Å²) in [6.45, 7) is 4.94. The third kappa shape index (κ3) is 3.90. The van der Waals surface area contributed by atoms with Gasteiger partial charge in [0.05, 0.1) is 38.4 Å². The molecule has 11 heteroatoms. The predicted molar refractivity (Wildman–Crippen MR) is 141 cm³/mol. The number of ketones is 2. The number of allylic oxidation sites excluding steroid dienone is 2. The Morgan fingerprint density at radius 1 is 1.18 bits per heavy atom. The Morgan fingerprint density at radius 2 is 1.87 bits per heavy atom. The van der Waals surface area contributed by atoms with E-state index in [0.717, 1.165) is 11.1 Å². The molecule has 3 aliphatic heterocycles. The molecule has 4 aliphatic rings. The maximum absolute atomic E-state index is 13.7. The zero-order valence-corrected chi connectivity index (χ0v) is 23.1. The number of piperazine rings is 1. The van der Waals surface area contributed by atoms with E-state index in [2.05, 4.69) is 5.32 Å². The zero-order valence-electron chi connectivity index (χ0n) is 23.1. The van der Waals surface area contributed by atoms with Gasteiger partial charge in [-0.05, 0) is 51.8 Å². The molecule has 1 fully saturated rings. The number of phenols is 1. The molecule has 39 heavy (non-hydrogen) atoms. The van der Waals surface area contributed by atoms with Crippen molar-refractivity contribution in [2.75, 3.05) is 27.8 Å². The van der Waals surface area contributed by atoms with Gasteiger partial charge in [-0.2, -0.15) is 0 Å². The first-order valence-corrected chi connectivity index (χ1v) is 13.1. The average molecular weight is 541 g/mol. The number of carbonyl (C=O) groups excluding carboxylic acids is 3. The van der Waals surface area contributed by atoms with E-state index in [1.165, 1.54) is 14.2 Å². The molecule has 1 unspecified atom stereocenters. The largest absolute Gasteiger partial charge is 0.504 e. The molecule has 0 radical (unpaired) electrons. The molecule has 1 saturated heterocycles. The summed E-state index contributed by atoms with van der Waals surface area (Å²) < 4.78 is 10.8. The predicted octanol–water partition coefficient (Wildman–Crippen LogP) is 0.214. The number of rotatable bonds is 5. The van der Waals surface area contributed by atoms with Crippen LogP contribution in [-0.2, 0) is 25.5 Å². The molecule has 1 aromatic rings. The highest BCUT2D eigenvalue weighted by atomic mass is 16.5. The van der Waals surface area contributed by atoms with Crippen LogP contribution in [0.25, 0.3) is 0 Å². The summed E-state index contributed by atoms with van der Waals surface area (Å²) in [6.07, 6.45) is -0.411. The second kappa shape index (κ2) is 9.74. The number of likely N-dealkylation sites (N-methyl/N-ethyl adjacent to an activating group) is 1. The van der Waals surface area contributed by atoms with Gasteiger partial charge >= 0.3 is 0 Å². The van der Waals surface area contributed by atoms with Gasteiger partial charge in [-0.25, -0.2) is 0 Å². The summed E-state index contributed by atoms with van der Waals surface area (Å²) in [6, 6.07) is -0.912. The number of methoxy groups -OCH3 is 2. The third-order valence-electron chi connectivity index (χ3n) is 8.78. The molecule has 3 heterocycles. The Labute approximate surface area is 227 Å². The molecule has 1 amide bonds. The molecule has 1 aromatic carbocycles. The Morgan fingerprint density at radius 3 is 2.49 bits per heavy atom. The Bertz CT molecular complexity index is 1330. The van der Waals surface area contributed by atoms with Crippen LogP contribution in [0, 0.1) is 6.92 Å². The summed E-state index contributed by atoms with van der Waals surface area (Å²) in [4.78, 5) is 43.7. The number of aryl methyl sites for hydroxylation is 1. The number of amides is 1. The quantitative estimate of drug-likeness (QED) is 0.381. The highest BCUT2D eigenvalue weighted by Crippen LogP contribution is 2.53. The summed E-state index contributed by atoms with van der Waals surface area (Å²) >= 11 is 0. The highest BCUT2D eigenvalue weighted by molar-refractivity contribution is 6.25. The summed E-state index contributed by atoms with van der Waals surface area (Å²) in [5, 5.41) is 26.0. The van der Waals surface area contributed by atoms with E-state index >= 15 is 0 Å². The van der Waals surface area contributed by atoms with Crippen LogP contribution in [0.1, 0.15) is 43.0 Å². The van der Waals surface area contributed by atoms with Gasteiger partial charge in [0.1, 0.15) is 6.23 Å². The zero-order chi connectivity index (χ0) is 28.5. The van der Waals surface area contributed by atoms with Gasteiger partial charge in [0.25, 0.3) is 0 Å². The van der Waals surface area contributed by atoms with Crippen LogP contribution < -0.4 is 15.8 Å². The lowest BCUT2D eigenvalue weighted by Crippen LogP contribution is -2.71. The molecule has 6 atom stereocenters. The SMILES string of the molecule is COC1=C(C)C(=O)C2=C(C1=O)[C@H](CNC(=O)[C@H](C)N)N1C(C2)[C@H]2c3c(cc(C)c(OC)c3O)C[C@@H]([C@@H]1O)N2C. The third-order valence-corrected chi connectivity index (χ3v) is 8.78. The van der Waals surface area contributed by atoms with E-state index in [-0.39, 0.29) is 47.4 Å². The van der Waals surface area contributed by atoms with Crippen molar-refractivity contribution in [2.45, 2.75) is 70.0 Å². The Balaban J connectivity index is 1.69. The topological polar surface area (TPSA) is 155 Å². The van der Waals surface area contributed by atoms with Crippen molar-refractivity contribution >= 4 is 17.5 Å². The van der Waals surface area contributed by atoms with E-state index in [9.17, 15) is 24.6 Å². The minimum absolute atomic E-state index is 0.0320. The minimum atomic E-state index is -1.03. The molecule has 0 spiro atoms. The number of Topliss-reactive ketones (excluding diaryl/α,β-unsaturated/α-hetero) is 2. The van der Waals surface area contributed by atoms with Gasteiger partial charge in [0.15, 0.2) is 23.0 Å². The fraction of sp³-hybridized carbons (Fsp3) is 0.536. The number of carbonyl (C=O) groups is 3. The number of hydrogen-bond acceptors (Lipinski definition) is 10. The molecule has 5 rings (SSSR count). The Hall–Kier alpha value is -3.25. The highest BCUT2D eigenvalue weighted by Gasteiger charge is 2.57. The van der Waals surface area contributed by atoms with Crippen molar-refractivity contribution < 1.29 is 34.1 Å². The number of hydrogen-bond donors (Lipinski definition) is 4. The molecule has 5 N–H and O–H groups in total. The number of nitrogens with zero attached hydrogens (tertiary/aromatic N) is 2. The van der Waals surface area contributed by atoms with E-state index in [1.807, 2.05) is 29.8 Å². The summed E-state index contributed by atoms with van der Waals surface area (Å²) in [5.41, 5.74) is 8.92. The maximum Gasteiger partial charge on any atom is 0.236 e. The number of ether oxygens (including phenoxy) is 2. The van der Waals surface area contributed by atoms with Gasteiger partial charge in [-0.15, -0.1) is 0 Å². The van der Waals surface area contributed by atoms with Crippen LogP contribution in [-0.4, -0.2) is 95.7 Å². The number of nitrogens with two attached hydrogens (primary N) is 1. The normalized spacial score (nSPS) is 29.5. The molecule has 11 nitrogen and oxygen atoms in total. The van der Waals surface area contributed by atoms with Crippen molar-refractivity contribution in [2.24, 2.45) is 5.73 Å². The lowest BCUT2D eigenvalue weighted by Gasteiger charge is -2.60. The van der Waals surface area contributed by atoms with Crippen LogP contribution >= 0.6 is 0 Å². The fourth-order valence-electron chi connectivity index (χ4n) is 6.98. The number of aliphatic hydroxyl groups excluding tert-OH is 1. The van der Waals surface area contributed by atoms with Crippen molar-refractivity contribution in [1.29, 1.82) is 0 Å². The first kappa shape index (κ1) is 27.3. The molecule has 0 saturated carbocycles. The molecule has 2 bridgehead atoms. The smallest absolute Gasteiger partial charge is 0.236 e. The summed E-state index contributed by atoms with van der Waals surface area (Å²) in [7, 11) is 4.74. The Kier molecular flexibility index (Phi) is 6.82. The van der Waals surface area contributed by atoms with Crippen LogP contribution in [0.4, 0.5) is 0 Å². The number of aromatic hydroxyl groups is 1. The number of fused-ring (bicyclic) bond motifs is 6. The lowest BCUT2D eigenvalue weighted by molar-refractivity contribution is -0.167. The number of aliphatic hydroxyl groups is 1.